The predicted molar refractivity (Wildman–Crippen MR) is 93.6 cm³/mol. The first-order chi connectivity index (χ1) is 10.2. The highest BCUT2D eigenvalue weighted by molar-refractivity contribution is 14.1. The Balaban J connectivity index is 2.07. The molecule has 3 rings (SSSR count). The van der Waals surface area contributed by atoms with E-state index in [4.69, 9.17) is 0 Å². The minimum absolute atomic E-state index is 0.0295. The number of aromatic nitrogens is 1. The maximum atomic E-state index is 12.7. The van der Waals surface area contributed by atoms with E-state index in [1.54, 1.807) is 18.1 Å². The lowest BCUT2D eigenvalue weighted by Gasteiger charge is -2.19. The van der Waals surface area contributed by atoms with Crippen molar-refractivity contribution in [3.05, 3.63) is 69.9 Å². The van der Waals surface area contributed by atoms with E-state index in [1.807, 2.05) is 54.6 Å². The molecule has 1 heterocycles. The summed E-state index contributed by atoms with van der Waals surface area (Å²) in [7, 11) is 1.79. The molecule has 0 bridgehead atoms. The fourth-order valence-corrected chi connectivity index (χ4v) is 2.90. The number of hydrogen-bond acceptors (Lipinski definition) is 2. The number of anilines is 1. The molecule has 0 aliphatic rings. The topological polar surface area (TPSA) is 33.2 Å². The molecule has 0 spiro atoms. The smallest absolute Gasteiger partial charge is 0.259 e. The van der Waals surface area contributed by atoms with Crippen LogP contribution in [0, 0.1) is 3.57 Å². The summed E-state index contributed by atoms with van der Waals surface area (Å²) < 4.78 is 0.945. The van der Waals surface area contributed by atoms with Gasteiger partial charge in [0.25, 0.3) is 5.91 Å². The van der Waals surface area contributed by atoms with Crippen molar-refractivity contribution in [1.82, 2.24) is 4.98 Å². The van der Waals surface area contributed by atoms with E-state index in [2.05, 4.69) is 27.6 Å². The van der Waals surface area contributed by atoms with Crippen molar-refractivity contribution in [3.8, 4) is 0 Å². The lowest BCUT2D eigenvalue weighted by molar-refractivity contribution is 0.0992. The van der Waals surface area contributed by atoms with Gasteiger partial charge in [-0.1, -0.05) is 30.3 Å². The molecule has 21 heavy (non-hydrogen) atoms. The van der Waals surface area contributed by atoms with Gasteiger partial charge < -0.3 is 4.90 Å². The molecule has 0 N–H and O–H groups in total. The number of pyridine rings is 1. The van der Waals surface area contributed by atoms with E-state index in [1.165, 1.54) is 0 Å². The Hall–Kier alpha value is -1.95. The van der Waals surface area contributed by atoms with E-state index >= 15 is 0 Å². The number of fused-ring (bicyclic) bond motifs is 1. The minimum atomic E-state index is -0.0295. The molecular weight excluding hydrogens is 375 g/mol. The van der Waals surface area contributed by atoms with Crippen LogP contribution in [0.4, 0.5) is 5.69 Å². The third kappa shape index (κ3) is 2.63. The second-order valence-electron chi connectivity index (χ2n) is 4.70. The van der Waals surface area contributed by atoms with Crippen molar-refractivity contribution >= 4 is 45.1 Å². The number of rotatable bonds is 2. The summed E-state index contributed by atoms with van der Waals surface area (Å²) in [6, 6.07) is 17.3. The van der Waals surface area contributed by atoms with Crippen LogP contribution in [-0.2, 0) is 0 Å². The maximum Gasteiger partial charge on any atom is 0.259 e. The average Bonchev–Trinajstić information content (AvgIpc) is 2.53. The average molecular weight is 388 g/mol. The molecule has 1 amide bonds. The molecule has 0 unspecified atom stereocenters. The van der Waals surface area contributed by atoms with Gasteiger partial charge in [-0.05, 0) is 46.9 Å². The summed E-state index contributed by atoms with van der Waals surface area (Å²) in [6.07, 6.45) is 1.75. The molecule has 2 aromatic carbocycles. The number of nitrogens with zero attached hydrogens (tertiary/aromatic N) is 2. The first-order valence-corrected chi connectivity index (χ1v) is 7.62. The Morgan fingerprint density at radius 1 is 1.05 bits per heavy atom. The van der Waals surface area contributed by atoms with Crippen LogP contribution in [0.15, 0.2) is 60.8 Å². The number of halogens is 1. The molecule has 0 saturated heterocycles. The lowest BCUT2D eigenvalue weighted by Crippen LogP contribution is -2.27. The van der Waals surface area contributed by atoms with Crippen LogP contribution < -0.4 is 4.90 Å². The quantitative estimate of drug-likeness (QED) is 0.619. The molecule has 0 atom stereocenters. The normalized spacial score (nSPS) is 10.6. The molecule has 0 aliphatic heterocycles. The summed E-state index contributed by atoms with van der Waals surface area (Å²) in [6.45, 7) is 0. The standard InChI is InChI=1S/C17H13IN2O/c1-20(17(21)13-8-2-3-9-14(13)18)15-10-4-6-12-7-5-11-19-16(12)15/h2-11H,1H3. The molecule has 3 nitrogen and oxygen atoms in total. The monoisotopic (exact) mass is 388 g/mol. The molecule has 4 heteroatoms. The molecule has 1 aromatic heterocycles. The second kappa shape index (κ2) is 5.81. The van der Waals surface area contributed by atoms with Gasteiger partial charge >= 0.3 is 0 Å². The van der Waals surface area contributed by atoms with Gasteiger partial charge in [-0.3, -0.25) is 9.78 Å². The number of para-hydroxylation sites is 1. The van der Waals surface area contributed by atoms with Crippen molar-refractivity contribution in [3.63, 3.8) is 0 Å². The van der Waals surface area contributed by atoms with Crippen LogP contribution in [0.3, 0.4) is 0 Å². The van der Waals surface area contributed by atoms with Crippen molar-refractivity contribution in [1.29, 1.82) is 0 Å². The number of amides is 1. The van der Waals surface area contributed by atoms with Gasteiger partial charge in [-0.15, -0.1) is 0 Å². The van der Waals surface area contributed by atoms with Gasteiger partial charge in [-0.25, -0.2) is 0 Å². The zero-order valence-corrected chi connectivity index (χ0v) is 13.6. The molecular formula is C17H13IN2O. The van der Waals surface area contributed by atoms with E-state index < -0.39 is 0 Å². The summed E-state index contributed by atoms with van der Waals surface area (Å²) in [5.74, 6) is -0.0295. The zero-order valence-electron chi connectivity index (χ0n) is 11.5. The molecule has 0 fully saturated rings. The summed E-state index contributed by atoms with van der Waals surface area (Å²) >= 11 is 2.18. The molecule has 0 saturated carbocycles. The highest BCUT2D eigenvalue weighted by Gasteiger charge is 2.17. The van der Waals surface area contributed by atoms with Crippen molar-refractivity contribution in [2.45, 2.75) is 0 Å². The first kappa shape index (κ1) is 14.0. The predicted octanol–water partition coefficient (Wildman–Crippen LogP) is 4.12. The SMILES string of the molecule is CN(C(=O)c1ccccc1I)c1cccc2cccnc12. The summed E-state index contributed by atoms with van der Waals surface area (Å²) in [5.41, 5.74) is 2.35. The van der Waals surface area contributed by atoms with Gasteiger partial charge in [0.1, 0.15) is 0 Å². The summed E-state index contributed by atoms with van der Waals surface area (Å²) in [5, 5.41) is 1.03. The van der Waals surface area contributed by atoms with Crippen LogP contribution in [0.25, 0.3) is 10.9 Å². The highest BCUT2D eigenvalue weighted by Crippen LogP contribution is 2.25. The fraction of sp³-hybridized carbons (Fsp3) is 0.0588. The van der Waals surface area contributed by atoms with Crippen LogP contribution in [0.2, 0.25) is 0 Å². The second-order valence-corrected chi connectivity index (χ2v) is 5.86. The van der Waals surface area contributed by atoms with Crippen molar-refractivity contribution in [2.75, 3.05) is 11.9 Å². The van der Waals surface area contributed by atoms with Crippen LogP contribution in [0.1, 0.15) is 10.4 Å². The van der Waals surface area contributed by atoms with E-state index in [0.29, 0.717) is 5.56 Å². The Labute approximate surface area is 136 Å². The van der Waals surface area contributed by atoms with Gasteiger partial charge in [0, 0.05) is 22.2 Å². The highest BCUT2D eigenvalue weighted by atomic mass is 127. The van der Waals surface area contributed by atoms with Crippen molar-refractivity contribution < 1.29 is 4.79 Å². The zero-order chi connectivity index (χ0) is 14.8. The molecule has 0 radical (unpaired) electrons. The number of benzene rings is 2. The Bertz CT molecular complexity index is 811. The van der Waals surface area contributed by atoms with Crippen molar-refractivity contribution in [2.24, 2.45) is 0 Å². The van der Waals surface area contributed by atoms with E-state index in [0.717, 1.165) is 20.2 Å². The molecule has 0 aliphatic carbocycles. The number of hydrogen-bond donors (Lipinski definition) is 0. The third-order valence-corrected chi connectivity index (χ3v) is 4.32. The number of carbonyl (C=O) groups excluding carboxylic acids is 1. The Kier molecular flexibility index (Phi) is 3.88. The molecule has 104 valence electrons. The summed E-state index contributed by atoms with van der Waals surface area (Å²) in [4.78, 5) is 18.8. The first-order valence-electron chi connectivity index (χ1n) is 6.55. The Morgan fingerprint density at radius 2 is 1.81 bits per heavy atom. The maximum absolute atomic E-state index is 12.7. The van der Waals surface area contributed by atoms with Gasteiger partial charge in [0.05, 0.1) is 16.8 Å². The largest absolute Gasteiger partial charge is 0.309 e. The number of carbonyl (C=O) groups is 1. The van der Waals surface area contributed by atoms with Gasteiger partial charge in [0.15, 0.2) is 0 Å². The van der Waals surface area contributed by atoms with E-state index in [9.17, 15) is 4.79 Å². The van der Waals surface area contributed by atoms with Crippen LogP contribution >= 0.6 is 22.6 Å². The van der Waals surface area contributed by atoms with Crippen LogP contribution in [-0.4, -0.2) is 17.9 Å². The third-order valence-electron chi connectivity index (χ3n) is 3.38. The minimum Gasteiger partial charge on any atom is -0.309 e. The van der Waals surface area contributed by atoms with Crippen LogP contribution in [0.5, 0.6) is 0 Å². The van der Waals surface area contributed by atoms with E-state index in [-0.39, 0.29) is 5.91 Å². The fourth-order valence-electron chi connectivity index (χ4n) is 2.28. The van der Waals surface area contributed by atoms with Gasteiger partial charge in [0.2, 0.25) is 0 Å². The Morgan fingerprint density at radius 3 is 2.62 bits per heavy atom. The van der Waals surface area contributed by atoms with Gasteiger partial charge in [-0.2, -0.15) is 0 Å². The lowest BCUT2D eigenvalue weighted by atomic mass is 10.1. The molecule has 3 aromatic rings.